The van der Waals surface area contributed by atoms with Crippen LogP contribution in [0.4, 0.5) is 5.69 Å². The summed E-state index contributed by atoms with van der Waals surface area (Å²) in [5, 5.41) is 14.9. The van der Waals surface area contributed by atoms with Gasteiger partial charge in [-0.2, -0.15) is 0 Å². The van der Waals surface area contributed by atoms with E-state index >= 15 is 0 Å². The Kier molecular flexibility index (Phi) is 4.68. The number of anilines is 1. The topological polar surface area (TPSA) is 72.7 Å². The number of aromatic nitrogens is 4. The fourth-order valence-corrected chi connectivity index (χ4v) is 2.77. The van der Waals surface area contributed by atoms with Gasteiger partial charge < -0.3 is 5.32 Å². The first-order valence-electron chi connectivity index (χ1n) is 7.03. The van der Waals surface area contributed by atoms with Gasteiger partial charge in [0.25, 0.3) is 5.91 Å². The average molecular weight is 325 g/mol. The van der Waals surface area contributed by atoms with Crippen molar-refractivity contribution in [3.63, 3.8) is 0 Å². The van der Waals surface area contributed by atoms with E-state index in [1.54, 1.807) is 23.5 Å². The van der Waals surface area contributed by atoms with Gasteiger partial charge in [0.2, 0.25) is 5.16 Å². The Labute approximate surface area is 137 Å². The molecule has 0 fully saturated rings. The van der Waals surface area contributed by atoms with Crippen LogP contribution in [-0.2, 0) is 12.8 Å². The number of hydrogen-bond acceptors (Lipinski definition) is 5. The van der Waals surface area contributed by atoms with Crippen LogP contribution in [0.25, 0.3) is 0 Å². The van der Waals surface area contributed by atoms with Crippen molar-refractivity contribution in [1.29, 1.82) is 0 Å². The van der Waals surface area contributed by atoms with Crippen LogP contribution in [0.3, 0.4) is 0 Å². The molecule has 3 rings (SSSR count). The second-order valence-corrected chi connectivity index (χ2v) is 5.83. The monoisotopic (exact) mass is 325 g/mol. The minimum Gasteiger partial charge on any atom is -0.322 e. The Morgan fingerprint density at radius 3 is 2.52 bits per heavy atom. The van der Waals surface area contributed by atoms with Crippen molar-refractivity contribution < 1.29 is 4.79 Å². The number of tetrazole rings is 1. The van der Waals surface area contributed by atoms with Crippen molar-refractivity contribution in [2.75, 3.05) is 5.32 Å². The highest BCUT2D eigenvalue weighted by molar-refractivity contribution is 7.98. The molecule has 0 saturated heterocycles. The summed E-state index contributed by atoms with van der Waals surface area (Å²) in [5.41, 5.74) is 2.52. The third-order valence-electron chi connectivity index (χ3n) is 3.20. The Balaban J connectivity index is 1.60. The minimum atomic E-state index is -0.118. The number of carbonyl (C=O) groups is 1. The Bertz CT molecular complexity index is 786. The standard InChI is InChI=1S/C16H15N5OS/c1-21-16(18-19-20-21)23-11-12-7-9-13(10-8-12)15(22)17-14-5-3-2-4-6-14/h2-10H,11H2,1H3,(H,17,22). The van der Waals surface area contributed by atoms with Gasteiger partial charge in [0.05, 0.1) is 0 Å². The summed E-state index contributed by atoms with van der Waals surface area (Å²) in [7, 11) is 1.80. The normalized spacial score (nSPS) is 10.5. The predicted octanol–water partition coefficient (Wildman–Crippen LogP) is 2.75. The van der Waals surface area contributed by atoms with Gasteiger partial charge in [-0.25, -0.2) is 4.68 Å². The van der Waals surface area contributed by atoms with Gasteiger partial charge in [-0.1, -0.05) is 42.1 Å². The number of amides is 1. The summed E-state index contributed by atoms with van der Waals surface area (Å²) in [5.74, 6) is 0.627. The number of thioether (sulfide) groups is 1. The van der Waals surface area contributed by atoms with Crippen LogP contribution in [0, 0.1) is 0 Å². The molecule has 2 aromatic carbocycles. The molecule has 1 aromatic heterocycles. The Morgan fingerprint density at radius 2 is 1.87 bits per heavy atom. The highest BCUT2D eigenvalue weighted by atomic mass is 32.2. The molecule has 7 heteroatoms. The summed E-state index contributed by atoms with van der Waals surface area (Å²) in [6.45, 7) is 0. The smallest absolute Gasteiger partial charge is 0.255 e. The lowest BCUT2D eigenvalue weighted by Gasteiger charge is -2.06. The Hall–Kier alpha value is -2.67. The first-order chi connectivity index (χ1) is 11.2. The number of nitrogens with zero attached hydrogens (tertiary/aromatic N) is 4. The van der Waals surface area contributed by atoms with E-state index in [0.717, 1.165) is 22.2 Å². The van der Waals surface area contributed by atoms with Crippen molar-refractivity contribution in [2.24, 2.45) is 7.05 Å². The van der Waals surface area contributed by atoms with E-state index < -0.39 is 0 Å². The number of carbonyl (C=O) groups excluding carboxylic acids is 1. The van der Waals surface area contributed by atoms with Crippen molar-refractivity contribution in [1.82, 2.24) is 20.2 Å². The maximum absolute atomic E-state index is 12.2. The molecule has 0 radical (unpaired) electrons. The van der Waals surface area contributed by atoms with E-state index in [1.807, 2.05) is 54.6 Å². The largest absolute Gasteiger partial charge is 0.322 e. The van der Waals surface area contributed by atoms with E-state index in [0.29, 0.717) is 5.56 Å². The minimum absolute atomic E-state index is 0.118. The van der Waals surface area contributed by atoms with Crippen molar-refractivity contribution >= 4 is 23.4 Å². The van der Waals surface area contributed by atoms with Gasteiger partial charge in [-0.3, -0.25) is 4.79 Å². The van der Waals surface area contributed by atoms with Gasteiger partial charge >= 0.3 is 0 Å². The summed E-state index contributed by atoms with van der Waals surface area (Å²) in [6, 6.07) is 16.9. The van der Waals surface area contributed by atoms with Gasteiger partial charge in [0.15, 0.2) is 0 Å². The van der Waals surface area contributed by atoms with Crippen LogP contribution >= 0.6 is 11.8 Å². The molecule has 3 aromatic rings. The highest BCUT2D eigenvalue weighted by Crippen LogP contribution is 2.19. The third kappa shape index (κ3) is 3.95. The van der Waals surface area contributed by atoms with E-state index in [1.165, 1.54) is 0 Å². The van der Waals surface area contributed by atoms with Gasteiger partial charge in [0.1, 0.15) is 0 Å². The lowest BCUT2D eigenvalue weighted by Crippen LogP contribution is -2.11. The predicted molar refractivity (Wildman–Crippen MR) is 89.2 cm³/mol. The number of nitrogens with one attached hydrogen (secondary N) is 1. The second kappa shape index (κ2) is 7.06. The van der Waals surface area contributed by atoms with Gasteiger partial charge in [-0.15, -0.1) is 5.10 Å². The highest BCUT2D eigenvalue weighted by Gasteiger charge is 2.07. The molecule has 23 heavy (non-hydrogen) atoms. The number of rotatable bonds is 5. The molecule has 116 valence electrons. The van der Waals surface area contributed by atoms with Gasteiger partial charge in [0, 0.05) is 24.1 Å². The first kappa shape index (κ1) is 15.2. The fourth-order valence-electron chi connectivity index (χ4n) is 1.97. The zero-order chi connectivity index (χ0) is 16.1. The molecule has 0 aliphatic carbocycles. The lowest BCUT2D eigenvalue weighted by atomic mass is 10.1. The summed E-state index contributed by atoms with van der Waals surface area (Å²) >= 11 is 1.55. The first-order valence-corrected chi connectivity index (χ1v) is 8.01. The summed E-state index contributed by atoms with van der Waals surface area (Å²) in [4.78, 5) is 12.2. The third-order valence-corrected chi connectivity index (χ3v) is 4.28. The second-order valence-electron chi connectivity index (χ2n) is 4.89. The maximum Gasteiger partial charge on any atom is 0.255 e. The summed E-state index contributed by atoms with van der Waals surface area (Å²) < 4.78 is 1.63. The molecule has 1 heterocycles. The number of aryl methyl sites for hydroxylation is 1. The molecular formula is C16H15N5OS. The quantitative estimate of drug-likeness (QED) is 0.730. The van der Waals surface area contributed by atoms with Crippen molar-refractivity contribution in [3.05, 3.63) is 65.7 Å². The van der Waals surface area contributed by atoms with Crippen LogP contribution in [0.5, 0.6) is 0 Å². The molecule has 6 nitrogen and oxygen atoms in total. The summed E-state index contributed by atoms with van der Waals surface area (Å²) in [6.07, 6.45) is 0. The SMILES string of the molecule is Cn1nnnc1SCc1ccc(C(=O)Nc2ccccc2)cc1. The molecule has 0 unspecified atom stereocenters. The molecule has 1 N–H and O–H groups in total. The number of hydrogen-bond donors (Lipinski definition) is 1. The van der Waals surface area contributed by atoms with E-state index in [4.69, 9.17) is 0 Å². The molecule has 0 saturated carbocycles. The molecular weight excluding hydrogens is 310 g/mol. The van der Waals surface area contributed by atoms with E-state index in [2.05, 4.69) is 20.8 Å². The van der Waals surface area contributed by atoms with Crippen LogP contribution in [0.2, 0.25) is 0 Å². The Morgan fingerprint density at radius 1 is 1.13 bits per heavy atom. The van der Waals surface area contributed by atoms with Crippen LogP contribution in [-0.4, -0.2) is 26.1 Å². The zero-order valence-corrected chi connectivity index (χ0v) is 13.3. The number of benzene rings is 2. The molecule has 0 bridgehead atoms. The zero-order valence-electron chi connectivity index (χ0n) is 12.5. The van der Waals surface area contributed by atoms with Crippen LogP contribution in [0.1, 0.15) is 15.9 Å². The molecule has 1 amide bonds. The molecule has 0 spiro atoms. The molecule has 0 aliphatic heterocycles. The van der Waals surface area contributed by atoms with Crippen LogP contribution in [0.15, 0.2) is 59.8 Å². The van der Waals surface area contributed by atoms with Crippen molar-refractivity contribution in [3.8, 4) is 0 Å². The van der Waals surface area contributed by atoms with Crippen molar-refractivity contribution in [2.45, 2.75) is 10.9 Å². The van der Waals surface area contributed by atoms with Gasteiger partial charge in [-0.05, 0) is 40.3 Å². The number of para-hydroxylation sites is 1. The van der Waals surface area contributed by atoms with E-state index in [-0.39, 0.29) is 5.91 Å². The van der Waals surface area contributed by atoms with Crippen LogP contribution < -0.4 is 5.32 Å². The van der Waals surface area contributed by atoms with E-state index in [9.17, 15) is 4.79 Å². The fraction of sp³-hybridized carbons (Fsp3) is 0.125. The lowest BCUT2D eigenvalue weighted by molar-refractivity contribution is 0.102. The maximum atomic E-state index is 12.2. The average Bonchev–Trinajstić information content (AvgIpc) is 2.99. The molecule has 0 aliphatic rings. The molecule has 0 atom stereocenters.